The highest BCUT2D eigenvalue weighted by molar-refractivity contribution is 14.0. The molecule has 1 aliphatic heterocycles. The monoisotopic (exact) mass is 520 g/mol. The SMILES string of the molecule is CN=C(NCc1ccc(-n2ccnc2)c(F)c1)NC1CCN(c2ccccc2)C1.I. The number of para-hydroxylation sites is 1. The summed E-state index contributed by atoms with van der Waals surface area (Å²) in [5.74, 6) is 0.448. The van der Waals surface area contributed by atoms with Crippen LogP contribution < -0.4 is 15.5 Å². The number of hydrogen-bond acceptors (Lipinski definition) is 3. The smallest absolute Gasteiger partial charge is 0.191 e. The van der Waals surface area contributed by atoms with Gasteiger partial charge in [-0.2, -0.15) is 0 Å². The molecule has 4 rings (SSSR count). The average molecular weight is 520 g/mol. The number of nitrogens with zero attached hydrogens (tertiary/aromatic N) is 4. The first-order valence-electron chi connectivity index (χ1n) is 9.77. The quantitative estimate of drug-likeness (QED) is 0.307. The number of anilines is 1. The third-order valence-electron chi connectivity index (χ3n) is 5.13. The third kappa shape index (κ3) is 5.29. The lowest BCUT2D eigenvalue weighted by molar-refractivity contribution is 0.613. The predicted octanol–water partition coefficient (Wildman–Crippen LogP) is 3.57. The molecule has 30 heavy (non-hydrogen) atoms. The summed E-state index contributed by atoms with van der Waals surface area (Å²) in [6, 6.07) is 16.0. The van der Waals surface area contributed by atoms with E-state index in [0.29, 0.717) is 18.3 Å². The van der Waals surface area contributed by atoms with E-state index in [1.165, 1.54) is 5.69 Å². The van der Waals surface area contributed by atoms with Crippen LogP contribution >= 0.6 is 24.0 Å². The molecule has 1 unspecified atom stereocenters. The molecule has 0 bridgehead atoms. The lowest BCUT2D eigenvalue weighted by atomic mass is 10.2. The van der Waals surface area contributed by atoms with Crippen LogP contribution in [-0.2, 0) is 6.54 Å². The topological polar surface area (TPSA) is 57.5 Å². The van der Waals surface area contributed by atoms with Gasteiger partial charge in [-0.05, 0) is 36.2 Å². The summed E-state index contributed by atoms with van der Waals surface area (Å²) < 4.78 is 16.1. The zero-order chi connectivity index (χ0) is 20.1. The van der Waals surface area contributed by atoms with Crippen LogP contribution in [0.5, 0.6) is 0 Å². The Morgan fingerprint density at radius 3 is 2.77 bits per heavy atom. The molecule has 158 valence electrons. The Morgan fingerprint density at radius 1 is 1.23 bits per heavy atom. The van der Waals surface area contributed by atoms with Crippen LogP contribution in [0.4, 0.5) is 10.1 Å². The van der Waals surface area contributed by atoms with Crippen molar-refractivity contribution in [3.05, 3.63) is 78.6 Å². The summed E-state index contributed by atoms with van der Waals surface area (Å²) in [5, 5.41) is 6.76. The van der Waals surface area contributed by atoms with Crippen molar-refractivity contribution in [3.8, 4) is 5.69 Å². The van der Waals surface area contributed by atoms with Gasteiger partial charge in [0.2, 0.25) is 0 Å². The zero-order valence-electron chi connectivity index (χ0n) is 16.8. The van der Waals surface area contributed by atoms with E-state index in [2.05, 4.69) is 49.8 Å². The van der Waals surface area contributed by atoms with Gasteiger partial charge >= 0.3 is 0 Å². The van der Waals surface area contributed by atoms with Crippen LogP contribution in [0.1, 0.15) is 12.0 Å². The number of imidazole rings is 1. The van der Waals surface area contributed by atoms with E-state index in [1.807, 2.05) is 12.1 Å². The fourth-order valence-corrected chi connectivity index (χ4v) is 3.60. The number of hydrogen-bond donors (Lipinski definition) is 2. The van der Waals surface area contributed by atoms with Gasteiger partial charge in [0.15, 0.2) is 5.96 Å². The van der Waals surface area contributed by atoms with Crippen LogP contribution in [0.2, 0.25) is 0 Å². The average Bonchev–Trinajstić information content (AvgIpc) is 3.44. The van der Waals surface area contributed by atoms with Gasteiger partial charge in [0.25, 0.3) is 0 Å². The molecule has 0 amide bonds. The largest absolute Gasteiger partial charge is 0.369 e. The molecule has 6 nitrogen and oxygen atoms in total. The van der Waals surface area contributed by atoms with Crippen molar-refractivity contribution in [1.29, 1.82) is 0 Å². The molecule has 2 N–H and O–H groups in total. The minimum atomic E-state index is -0.278. The molecule has 0 radical (unpaired) electrons. The third-order valence-corrected chi connectivity index (χ3v) is 5.13. The Balaban J connectivity index is 0.00000256. The molecular formula is C22H26FIN6. The molecule has 0 spiro atoms. The number of nitrogens with one attached hydrogen (secondary N) is 2. The number of aromatic nitrogens is 2. The first kappa shape index (κ1) is 22.1. The van der Waals surface area contributed by atoms with Gasteiger partial charge in [-0.25, -0.2) is 9.37 Å². The van der Waals surface area contributed by atoms with Gasteiger partial charge < -0.3 is 20.1 Å². The lowest BCUT2D eigenvalue weighted by Crippen LogP contribution is -2.44. The van der Waals surface area contributed by atoms with E-state index in [1.54, 1.807) is 42.5 Å². The molecule has 2 aromatic carbocycles. The summed E-state index contributed by atoms with van der Waals surface area (Å²) >= 11 is 0. The van der Waals surface area contributed by atoms with E-state index < -0.39 is 0 Å². The summed E-state index contributed by atoms with van der Waals surface area (Å²) in [7, 11) is 1.75. The highest BCUT2D eigenvalue weighted by atomic mass is 127. The highest BCUT2D eigenvalue weighted by Crippen LogP contribution is 2.19. The Bertz CT molecular complexity index is 961. The summed E-state index contributed by atoms with van der Waals surface area (Å²) in [4.78, 5) is 10.6. The Morgan fingerprint density at radius 2 is 2.07 bits per heavy atom. The maximum absolute atomic E-state index is 14.4. The molecule has 1 fully saturated rings. The molecule has 1 saturated heterocycles. The van der Waals surface area contributed by atoms with Gasteiger partial charge in [0, 0.05) is 50.8 Å². The maximum atomic E-state index is 14.4. The highest BCUT2D eigenvalue weighted by Gasteiger charge is 2.23. The van der Waals surface area contributed by atoms with Gasteiger partial charge in [0.1, 0.15) is 5.82 Å². The van der Waals surface area contributed by atoms with Crippen LogP contribution in [-0.4, -0.2) is 41.7 Å². The second-order valence-corrected chi connectivity index (χ2v) is 7.09. The lowest BCUT2D eigenvalue weighted by Gasteiger charge is -2.20. The number of benzene rings is 2. The van der Waals surface area contributed by atoms with E-state index in [0.717, 1.165) is 31.0 Å². The van der Waals surface area contributed by atoms with Crippen molar-refractivity contribution in [2.45, 2.75) is 19.0 Å². The number of guanidine groups is 1. The number of aliphatic imine (C=N–C) groups is 1. The van der Waals surface area contributed by atoms with Crippen molar-refractivity contribution in [2.75, 3.05) is 25.0 Å². The second-order valence-electron chi connectivity index (χ2n) is 7.09. The minimum Gasteiger partial charge on any atom is -0.369 e. The van der Waals surface area contributed by atoms with E-state index in [4.69, 9.17) is 0 Å². The molecule has 8 heteroatoms. The zero-order valence-corrected chi connectivity index (χ0v) is 19.2. The summed E-state index contributed by atoms with van der Waals surface area (Å²) in [5.41, 5.74) is 2.58. The Labute approximate surface area is 193 Å². The first-order valence-corrected chi connectivity index (χ1v) is 9.77. The second kappa shape index (κ2) is 10.4. The Kier molecular flexibility index (Phi) is 7.67. The molecule has 3 aromatic rings. The molecule has 0 aliphatic carbocycles. The summed E-state index contributed by atoms with van der Waals surface area (Å²) in [6.45, 7) is 2.44. The van der Waals surface area contributed by atoms with Crippen molar-refractivity contribution in [1.82, 2.24) is 20.2 Å². The van der Waals surface area contributed by atoms with Crippen LogP contribution in [0.25, 0.3) is 5.69 Å². The fourth-order valence-electron chi connectivity index (χ4n) is 3.60. The van der Waals surface area contributed by atoms with Gasteiger partial charge in [-0.1, -0.05) is 24.3 Å². The van der Waals surface area contributed by atoms with Gasteiger partial charge in [-0.3, -0.25) is 4.99 Å². The normalized spacial score (nSPS) is 16.3. The minimum absolute atomic E-state index is 0. The van der Waals surface area contributed by atoms with Crippen LogP contribution in [0, 0.1) is 5.82 Å². The standard InChI is InChI=1S/C22H25FN6.HI/c1-24-22(27-18-9-11-28(15-18)19-5-3-2-4-6-19)26-14-17-7-8-21(20(23)13-17)29-12-10-25-16-29;/h2-8,10,12-13,16,18H,9,11,14-15H2,1H3,(H2,24,26,27);1H. The predicted molar refractivity (Wildman–Crippen MR) is 129 cm³/mol. The van der Waals surface area contributed by atoms with E-state index >= 15 is 0 Å². The van der Waals surface area contributed by atoms with Crippen LogP contribution in [0.3, 0.4) is 0 Å². The van der Waals surface area contributed by atoms with Crippen molar-refractivity contribution >= 4 is 35.6 Å². The molecule has 1 atom stereocenters. The van der Waals surface area contributed by atoms with E-state index in [-0.39, 0.29) is 29.8 Å². The van der Waals surface area contributed by atoms with Crippen molar-refractivity contribution < 1.29 is 4.39 Å². The van der Waals surface area contributed by atoms with Crippen molar-refractivity contribution in [3.63, 3.8) is 0 Å². The van der Waals surface area contributed by atoms with Gasteiger partial charge in [0.05, 0.1) is 12.0 Å². The molecular weight excluding hydrogens is 494 g/mol. The Hall–Kier alpha value is -2.62. The van der Waals surface area contributed by atoms with Gasteiger partial charge in [-0.15, -0.1) is 24.0 Å². The van der Waals surface area contributed by atoms with Crippen molar-refractivity contribution in [2.24, 2.45) is 4.99 Å². The molecule has 2 heterocycles. The molecule has 1 aliphatic rings. The summed E-state index contributed by atoms with van der Waals surface area (Å²) in [6.07, 6.45) is 5.99. The number of rotatable bonds is 5. The van der Waals surface area contributed by atoms with E-state index in [9.17, 15) is 4.39 Å². The van der Waals surface area contributed by atoms with Crippen LogP contribution in [0.15, 0.2) is 72.2 Å². The molecule has 1 aromatic heterocycles. The molecule has 0 saturated carbocycles. The first-order chi connectivity index (χ1) is 14.2. The number of halogens is 2. The maximum Gasteiger partial charge on any atom is 0.191 e. The fraction of sp³-hybridized carbons (Fsp3) is 0.273.